The van der Waals surface area contributed by atoms with Gasteiger partial charge in [-0.2, -0.15) is 0 Å². The summed E-state index contributed by atoms with van der Waals surface area (Å²) in [5.74, 6) is 1.69. The van der Waals surface area contributed by atoms with E-state index in [1.165, 1.54) is 12.0 Å². The quantitative estimate of drug-likeness (QED) is 0.569. The zero-order valence-corrected chi connectivity index (χ0v) is 7.30. The van der Waals surface area contributed by atoms with Gasteiger partial charge in [-0.15, -0.1) is 0 Å². The first-order chi connectivity index (χ1) is 5.16. The molecule has 0 aromatic rings. The van der Waals surface area contributed by atoms with Crippen molar-refractivity contribution in [3.63, 3.8) is 0 Å². The van der Waals surface area contributed by atoms with Gasteiger partial charge in [0, 0.05) is 0 Å². The Labute approximate surface area is 68.1 Å². The van der Waals surface area contributed by atoms with Gasteiger partial charge in [-0.3, -0.25) is 0 Å². The first-order valence-corrected chi connectivity index (χ1v) is 4.46. The molecule has 0 radical (unpaired) electrons. The van der Waals surface area contributed by atoms with Gasteiger partial charge in [0.25, 0.3) is 0 Å². The molecule has 2 atom stereocenters. The van der Waals surface area contributed by atoms with Gasteiger partial charge in [0.2, 0.25) is 0 Å². The van der Waals surface area contributed by atoms with E-state index >= 15 is 0 Å². The molecule has 0 aliphatic heterocycles. The van der Waals surface area contributed by atoms with Crippen LogP contribution in [-0.2, 0) is 0 Å². The third-order valence-corrected chi connectivity index (χ3v) is 3.53. The van der Waals surface area contributed by atoms with Gasteiger partial charge in [-0.25, -0.2) is 0 Å². The van der Waals surface area contributed by atoms with Crippen LogP contribution < -0.4 is 0 Å². The molecule has 1 heteroatoms. The molecule has 1 fully saturated rings. The Morgan fingerprint density at radius 1 is 1.64 bits per heavy atom. The molecular formula is C10H16O. The lowest BCUT2D eigenvalue weighted by Gasteiger charge is -2.07. The summed E-state index contributed by atoms with van der Waals surface area (Å²) in [7, 11) is 0. The number of aliphatic hydroxyl groups is 1. The molecule has 11 heavy (non-hydrogen) atoms. The molecule has 0 aromatic heterocycles. The number of rotatable bonds is 1. The highest BCUT2D eigenvalue weighted by Gasteiger charge is 2.56. The van der Waals surface area contributed by atoms with Crippen LogP contribution in [0.3, 0.4) is 0 Å². The van der Waals surface area contributed by atoms with Crippen molar-refractivity contribution in [3.05, 3.63) is 11.6 Å². The van der Waals surface area contributed by atoms with Crippen molar-refractivity contribution in [2.75, 3.05) is 6.61 Å². The number of allylic oxidation sites excluding steroid dienone is 1. The highest BCUT2D eigenvalue weighted by atomic mass is 16.3. The van der Waals surface area contributed by atoms with E-state index in [0.29, 0.717) is 5.41 Å². The van der Waals surface area contributed by atoms with Crippen LogP contribution in [0.15, 0.2) is 11.6 Å². The summed E-state index contributed by atoms with van der Waals surface area (Å²) < 4.78 is 0. The first-order valence-electron chi connectivity index (χ1n) is 4.46. The van der Waals surface area contributed by atoms with E-state index in [1.807, 2.05) is 0 Å². The Morgan fingerprint density at radius 3 is 2.91 bits per heavy atom. The molecule has 1 N–H and O–H groups in total. The molecule has 0 heterocycles. The van der Waals surface area contributed by atoms with E-state index in [9.17, 15) is 0 Å². The van der Waals surface area contributed by atoms with Gasteiger partial charge in [-0.05, 0) is 35.7 Å². The van der Waals surface area contributed by atoms with Crippen molar-refractivity contribution in [1.82, 2.24) is 0 Å². The van der Waals surface area contributed by atoms with Crippen LogP contribution in [0.25, 0.3) is 0 Å². The summed E-state index contributed by atoms with van der Waals surface area (Å²) in [5.41, 5.74) is 1.80. The molecule has 1 nitrogen and oxygen atoms in total. The summed E-state index contributed by atoms with van der Waals surface area (Å²) in [4.78, 5) is 0. The molecule has 62 valence electrons. The highest BCUT2D eigenvalue weighted by Crippen LogP contribution is 2.63. The van der Waals surface area contributed by atoms with Crippen LogP contribution in [0.5, 0.6) is 0 Å². The van der Waals surface area contributed by atoms with Gasteiger partial charge in [-0.1, -0.05) is 19.9 Å². The maximum Gasteiger partial charge on any atom is 0.0641 e. The van der Waals surface area contributed by atoms with Crippen molar-refractivity contribution < 1.29 is 5.11 Å². The topological polar surface area (TPSA) is 20.2 Å². The average Bonchev–Trinajstić information content (AvgIpc) is 2.55. The summed E-state index contributed by atoms with van der Waals surface area (Å²) in [6, 6.07) is 0. The molecule has 0 amide bonds. The second kappa shape index (κ2) is 2.10. The van der Waals surface area contributed by atoms with Crippen LogP contribution >= 0.6 is 0 Å². The predicted octanol–water partition coefficient (Wildman–Crippen LogP) is 1.97. The van der Waals surface area contributed by atoms with E-state index in [1.54, 1.807) is 0 Å². The second-order valence-corrected chi connectivity index (χ2v) is 4.48. The Hall–Kier alpha value is -0.300. The fourth-order valence-electron chi connectivity index (χ4n) is 2.48. The molecule has 0 aromatic carbocycles. The van der Waals surface area contributed by atoms with Gasteiger partial charge in [0.15, 0.2) is 0 Å². The van der Waals surface area contributed by atoms with Gasteiger partial charge in [0.05, 0.1) is 6.61 Å². The number of fused-ring (bicyclic) bond motifs is 1. The lowest BCUT2D eigenvalue weighted by molar-refractivity contribution is 0.322. The number of hydrogen-bond donors (Lipinski definition) is 1. The minimum Gasteiger partial charge on any atom is -0.392 e. The van der Waals surface area contributed by atoms with E-state index in [2.05, 4.69) is 19.9 Å². The predicted molar refractivity (Wildman–Crippen MR) is 45.2 cm³/mol. The molecule has 2 aliphatic carbocycles. The second-order valence-electron chi connectivity index (χ2n) is 4.48. The zero-order valence-electron chi connectivity index (χ0n) is 7.30. The molecule has 2 rings (SSSR count). The van der Waals surface area contributed by atoms with Crippen LogP contribution in [0.4, 0.5) is 0 Å². The maximum atomic E-state index is 8.93. The van der Waals surface area contributed by atoms with Crippen molar-refractivity contribution in [2.24, 2.45) is 17.3 Å². The molecule has 2 aliphatic rings. The summed E-state index contributed by atoms with van der Waals surface area (Å²) >= 11 is 0. The minimum atomic E-state index is 0.277. The Kier molecular flexibility index (Phi) is 1.40. The van der Waals surface area contributed by atoms with Gasteiger partial charge in [0.1, 0.15) is 0 Å². The van der Waals surface area contributed by atoms with E-state index in [0.717, 1.165) is 18.3 Å². The third-order valence-electron chi connectivity index (χ3n) is 3.53. The summed E-state index contributed by atoms with van der Waals surface area (Å²) in [6.07, 6.45) is 4.72. The normalized spacial score (nSPS) is 39.4. The minimum absolute atomic E-state index is 0.277. The van der Waals surface area contributed by atoms with Crippen molar-refractivity contribution in [2.45, 2.75) is 26.7 Å². The Bertz CT molecular complexity index is 203. The third kappa shape index (κ3) is 0.943. The molecule has 0 unspecified atom stereocenters. The SMILES string of the molecule is CC1(C)[C@@H]2C=C(CO)CC[C@H]21. The highest BCUT2D eigenvalue weighted by molar-refractivity contribution is 5.23. The molecule has 0 saturated heterocycles. The number of aliphatic hydroxyl groups excluding tert-OH is 1. The van der Waals surface area contributed by atoms with Crippen LogP contribution in [0.1, 0.15) is 26.7 Å². The molecule has 1 saturated carbocycles. The first kappa shape index (κ1) is 7.35. The largest absolute Gasteiger partial charge is 0.392 e. The molecule has 0 spiro atoms. The lowest BCUT2D eigenvalue weighted by atomic mass is 10.0. The molecule has 0 bridgehead atoms. The monoisotopic (exact) mass is 152 g/mol. The maximum absolute atomic E-state index is 8.93. The standard InChI is InChI=1S/C10H16O/c1-10(2)8-4-3-7(6-11)5-9(8)10/h5,8-9,11H,3-4,6H2,1-2H3/t8-,9-/m1/s1. The van der Waals surface area contributed by atoms with Crippen molar-refractivity contribution in [3.8, 4) is 0 Å². The van der Waals surface area contributed by atoms with Gasteiger partial charge < -0.3 is 5.11 Å². The van der Waals surface area contributed by atoms with E-state index < -0.39 is 0 Å². The zero-order chi connectivity index (χ0) is 8.06. The van der Waals surface area contributed by atoms with E-state index in [-0.39, 0.29) is 6.61 Å². The smallest absolute Gasteiger partial charge is 0.0641 e. The van der Waals surface area contributed by atoms with Crippen LogP contribution in [-0.4, -0.2) is 11.7 Å². The lowest BCUT2D eigenvalue weighted by Crippen LogP contribution is -1.97. The average molecular weight is 152 g/mol. The van der Waals surface area contributed by atoms with E-state index in [4.69, 9.17) is 5.11 Å². The van der Waals surface area contributed by atoms with Crippen molar-refractivity contribution >= 4 is 0 Å². The van der Waals surface area contributed by atoms with Crippen LogP contribution in [0, 0.1) is 17.3 Å². The Balaban J connectivity index is 2.13. The Morgan fingerprint density at radius 2 is 2.36 bits per heavy atom. The van der Waals surface area contributed by atoms with Crippen LogP contribution in [0.2, 0.25) is 0 Å². The molecular weight excluding hydrogens is 136 g/mol. The van der Waals surface area contributed by atoms with Crippen molar-refractivity contribution in [1.29, 1.82) is 0 Å². The van der Waals surface area contributed by atoms with Gasteiger partial charge >= 0.3 is 0 Å². The summed E-state index contributed by atoms with van der Waals surface area (Å²) in [5, 5.41) is 8.93. The number of hydrogen-bond acceptors (Lipinski definition) is 1. The fourth-order valence-corrected chi connectivity index (χ4v) is 2.48. The fraction of sp³-hybridized carbons (Fsp3) is 0.800. The summed E-state index contributed by atoms with van der Waals surface area (Å²) in [6.45, 7) is 4.94.